The number of aryl methyl sites for hydroxylation is 1. The zero-order valence-electron chi connectivity index (χ0n) is 16.3. The number of nitrogens with one attached hydrogen (secondary N) is 2. The Labute approximate surface area is 170 Å². The summed E-state index contributed by atoms with van der Waals surface area (Å²) in [5, 5.41) is 10.2. The fraction of sp³-hybridized carbons (Fsp3) is 0.318. The van der Waals surface area contributed by atoms with E-state index in [-0.39, 0.29) is 5.91 Å². The molecule has 146 valence electrons. The molecule has 0 aliphatic carbocycles. The van der Waals surface area contributed by atoms with Crippen molar-refractivity contribution in [3.8, 4) is 11.4 Å². The van der Waals surface area contributed by atoms with Crippen LogP contribution in [0, 0.1) is 11.7 Å². The Bertz CT molecular complexity index is 960. The van der Waals surface area contributed by atoms with Crippen molar-refractivity contribution in [3.05, 3.63) is 70.5 Å². The van der Waals surface area contributed by atoms with E-state index in [9.17, 15) is 4.79 Å². The number of carbonyl (C=O) groups excluding carboxylic acids is 1. The van der Waals surface area contributed by atoms with E-state index in [2.05, 4.69) is 34.6 Å². The second kappa shape index (κ2) is 9.46. The van der Waals surface area contributed by atoms with Gasteiger partial charge in [0.15, 0.2) is 10.6 Å². The lowest BCUT2D eigenvalue weighted by molar-refractivity contribution is -0.121. The Kier molecular flexibility index (Phi) is 6.76. The van der Waals surface area contributed by atoms with Crippen molar-refractivity contribution in [3.63, 3.8) is 0 Å². The molecule has 1 aromatic heterocycles. The Balaban J connectivity index is 1.60. The SMILES string of the molecule is CCC(CNC(=O)CCn1c(-c2ccc(C)cc2)n[nH]c1=S)c1ccccc1. The van der Waals surface area contributed by atoms with Gasteiger partial charge in [0.2, 0.25) is 5.91 Å². The van der Waals surface area contributed by atoms with E-state index in [1.165, 1.54) is 11.1 Å². The average molecular weight is 395 g/mol. The Hall–Kier alpha value is -2.73. The summed E-state index contributed by atoms with van der Waals surface area (Å²) < 4.78 is 2.41. The van der Waals surface area contributed by atoms with Crippen molar-refractivity contribution in [1.29, 1.82) is 0 Å². The van der Waals surface area contributed by atoms with Crippen LogP contribution in [0.5, 0.6) is 0 Å². The lowest BCUT2D eigenvalue weighted by Crippen LogP contribution is -2.29. The van der Waals surface area contributed by atoms with Crippen molar-refractivity contribution in [2.75, 3.05) is 6.54 Å². The molecule has 28 heavy (non-hydrogen) atoms. The van der Waals surface area contributed by atoms with Crippen LogP contribution in [0.15, 0.2) is 54.6 Å². The molecule has 2 N–H and O–H groups in total. The minimum absolute atomic E-state index is 0.0207. The molecule has 0 bridgehead atoms. The third-order valence-corrected chi connectivity index (χ3v) is 5.25. The largest absolute Gasteiger partial charge is 0.355 e. The molecule has 0 spiro atoms. The van der Waals surface area contributed by atoms with E-state index >= 15 is 0 Å². The molecule has 0 fully saturated rings. The van der Waals surface area contributed by atoms with Gasteiger partial charge in [-0.2, -0.15) is 5.10 Å². The van der Waals surface area contributed by atoms with Gasteiger partial charge in [-0.3, -0.25) is 14.5 Å². The van der Waals surface area contributed by atoms with E-state index in [1.807, 2.05) is 54.0 Å². The lowest BCUT2D eigenvalue weighted by Gasteiger charge is -2.16. The van der Waals surface area contributed by atoms with Gasteiger partial charge in [0.05, 0.1) is 0 Å². The second-order valence-electron chi connectivity index (χ2n) is 6.94. The molecule has 1 heterocycles. The van der Waals surface area contributed by atoms with Crippen molar-refractivity contribution < 1.29 is 4.79 Å². The minimum atomic E-state index is 0.0207. The molecule has 6 heteroatoms. The molecule has 0 aliphatic heterocycles. The summed E-state index contributed by atoms with van der Waals surface area (Å²) in [6.45, 7) is 5.32. The predicted molar refractivity (Wildman–Crippen MR) is 115 cm³/mol. The standard InChI is InChI=1S/C22H26N4OS/c1-3-17(18-7-5-4-6-8-18)15-23-20(27)13-14-26-21(24-25-22(26)28)19-11-9-16(2)10-12-19/h4-12,17H,3,13-15H2,1-2H3,(H,23,27)(H,25,28). The molecule has 1 atom stereocenters. The number of aromatic amines is 1. The van der Waals surface area contributed by atoms with Gasteiger partial charge in [0.1, 0.15) is 0 Å². The van der Waals surface area contributed by atoms with Crippen molar-refractivity contribution in [1.82, 2.24) is 20.1 Å². The number of amides is 1. The first-order chi connectivity index (χ1) is 13.6. The van der Waals surface area contributed by atoms with Crippen LogP contribution in [-0.2, 0) is 11.3 Å². The molecule has 0 radical (unpaired) electrons. The number of aromatic nitrogens is 3. The number of hydrogen-bond donors (Lipinski definition) is 2. The summed E-state index contributed by atoms with van der Waals surface area (Å²) in [4.78, 5) is 12.4. The summed E-state index contributed by atoms with van der Waals surface area (Å²) in [6.07, 6.45) is 1.34. The summed E-state index contributed by atoms with van der Waals surface area (Å²) in [5.74, 6) is 1.10. The minimum Gasteiger partial charge on any atom is -0.355 e. The number of rotatable bonds is 8. The number of hydrogen-bond acceptors (Lipinski definition) is 3. The smallest absolute Gasteiger partial charge is 0.221 e. The molecule has 3 aromatic rings. The van der Waals surface area contributed by atoms with Crippen LogP contribution in [0.2, 0.25) is 0 Å². The third kappa shape index (κ3) is 4.95. The Morgan fingerprint density at radius 3 is 2.57 bits per heavy atom. The highest BCUT2D eigenvalue weighted by Gasteiger charge is 2.13. The molecular formula is C22H26N4OS. The van der Waals surface area contributed by atoms with Crippen LogP contribution in [0.3, 0.4) is 0 Å². The van der Waals surface area contributed by atoms with Crippen LogP contribution >= 0.6 is 12.2 Å². The fourth-order valence-corrected chi connectivity index (χ4v) is 3.43. The zero-order valence-corrected chi connectivity index (χ0v) is 17.1. The summed E-state index contributed by atoms with van der Waals surface area (Å²) in [7, 11) is 0. The molecule has 0 saturated heterocycles. The van der Waals surface area contributed by atoms with Gasteiger partial charge in [0.25, 0.3) is 0 Å². The maximum atomic E-state index is 12.4. The topological polar surface area (TPSA) is 62.7 Å². The molecule has 2 aromatic carbocycles. The van der Waals surface area contributed by atoms with Crippen LogP contribution < -0.4 is 5.32 Å². The fourth-order valence-electron chi connectivity index (χ4n) is 3.21. The molecule has 0 saturated carbocycles. The molecule has 5 nitrogen and oxygen atoms in total. The predicted octanol–water partition coefficient (Wildman–Crippen LogP) is 4.62. The maximum Gasteiger partial charge on any atom is 0.221 e. The Morgan fingerprint density at radius 1 is 1.18 bits per heavy atom. The zero-order chi connectivity index (χ0) is 19.9. The van der Waals surface area contributed by atoms with E-state index < -0.39 is 0 Å². The van der Waals surface area contributed by atoms with E-state index in [0.29, 0.717) is 30.2 Å². The number of H-pyrrole nitrogens is 1. The molecular weight excluding hydrogens is 368 g/mol. The van der Waals surface area contributed by atoms with Gasteiger partial charge in [-0.25, -0.2) is 0 Å². The van der Waals surface area contributed by atoms with Gasteiger partial charge in [0, 0.05) is 31.0 Å². The summed E-state index contributed by atoms with van der Waals surface area (Å²) >= 11 is 5.35. The van der Waals surface area contributed by atoms with Gasteiger partial charge in [-0.15, -0.1) is 0 Å². The van der Waals surface area contributed by atoms with Gasteiger partial charge < -0.3 is 5.32 Å². The van der Waals surface area contributed by atoms with E-state index in [0.717, 1.165) is 17.8 Å². The van der Waals surface area contributed by atoms with E-state index in [1.54, 1.807) is 0 Å². The highest BCUT2D eigenvalue weighted by atomic mass is 32.1. The first-order valence-electron chi connectivity index (χ1n) is 9.62. The number of carbonyl (C=O) groups is 1. The quantitative estimate of drug-likeness (QED) is 0.548. The van der Waals surface area contributed by atoms with Crippen LogP contribution in [-0.4, -0.2) is 27.2 Å². The van der Waals surface area contributed by atoms with Gasteiger partial charge >= 0.3 is 0 Å². The maximum absolute atomic E-state index is 12.4. The van der Waals surface area contributed by atoms with Crippen LogP contribution in [0.25, 0.3) is 11.4 Å². The van der Waals surface area contributed by atoms with Gasteiger partial charge in [-0.1, -0.05) is 67.1 Å². The molecule has 3 rings (SSSR count). The summed E-state index contributed by atoms with van der Waals surface area (Å²) in [6, 6.07) is 18.4. The first-order valence-corrected chi connectivity index (χ1v) is 10.0. The van der Waals surface area contributed by atoms with E-state index in [4.69, 9.17) is 12.2 Å². The van der Waals surface area contributed by atoms with Crippen molar-refractivity contribution in [2.24, 2.45) is 0 Å². The van der Waals surface area contributed by atoms with Gasteiger partial charge in [-0.05, 0) is 31.1 Å². The lowest BCUT2D eigenvalue weighted by atomic mass is 9.96. The summed E-state index contributed by atoms with van der Waals surface area (Å²) in [5.41, 5.74) is 3.42. The van der Waals surface area contributed by atoms with Crippen molar-refractivity contribution >= 4 is 18.1 Å². The van der Waals surface area contributed by atoms with Crippen LogP contribution in [0.4, 0.5) is 0 Å². The molecule has 1 unspecified atom stereocenters. The monoisotopic (exact) mass is 394 g/mol. The Morgan fingerprint density at radius 2 is 1.89 bits per heavy atom. The normalized spacial score (nSPS) is 11.9. The number of nitrogens with zero attached hydrogens (tertiary/aromatic N) is 2. The average Bonchev–Trinajstić information content (AvgIpc) is 3.08. The highest BCUT2D eigenvalue weighted by molar-refractivity contribution is 7.71. The molecule has 1 amide bonds. The number of benzene rings is 2. The second-order valence-corrected chi connectivity index (χ2v) is 7.33. The first kappa shape index (κ1) is 20.0. The highest BCUT2D eigenvalue weighted by Crippen LogP contribution is 2.19. The third-order valence-electron chi connectivity index (χ3n) is 4.94. The van der Waals surface area contributed by atoms with Crippen LogP contribution in [0.1, 0.15) is 36.8 Å². The van der Waals surface area contributed by atoms with Crippen molar-refractivity contribution in [2.45, 2.75) is 39.2 Å². The molecule has 0 aliphatic rings.